The third-order valence-corrected chi connectivity index (χ3v) is 2.68. The van der Waals surface area contributed by atoms with Crippen molar-refractivity contribution in [3.8, 4) is 0 Å². The van der Waals surface area contributed by atoms with E-state index in [1.807, 2.05) is 13.8 Å². The molecule has 0 saturated carbocycles. The maximum atomic E-state index is 13.9. The van der Waals surface area contributed by atoms with Gasteiger partial charge in [-0.1, -0.05) is 13.8 Å². The van der Waals surface area contributed by atoms with Crippen molar-refractivity contribution in [2.24, 2.45) is 5.92 Å². The Morgan fingerprint density at radius 2 is 2.33 bits per heavy atom. The first-order chi connectivity index (χ1) is 8.59. The summed E-state index contributed by atoms with van der Waals surface area (Å²) in [4.78, 5) is 15.7. The van der Waals surface area contributed by atoms with Gasteiger partial charge in [-0.05, 0) is 18.1 Å². The Morgan fingerprint density at radius 3 is 2.89 bits per heavy atom. The van der Waals surface area contributed by atoms with Crippen LogP contribution in [0.3, 0.4) is 0 Å². The lowest BCUT2D eigenvalue weighted by atomic mass is 10.0. The average Bonchev–Trinajstić information content (AvgIpc) is 2.72. The van der Waals surface area contributed by atoms with Gasteiger partial charge in [-0.25, -0.2) is 9.82 Å². The third kappa shape index (κ3) is 2.48. The summed E-state index contributed by atoms with van der Waals surface area (Å²) in [7, 11) is 0. The predicted molar refractivity (Wildman–Crippen MR) is 65.9 cm³/mol. The molecule has 0 saturated heterocycles. The highest BCUT2D eigenvalue weighted by atomic mass is 19.1. The van der Waals surface area contributed by atoms with E-state index in [-0.39, 0.29) is 11.6 Å². The number of nitrogens with one attached hydrogen (secondary N) is 3. The van der Waals surface area contributed by atoms with Gasteiger partial charge in [0.2, 0.25) is 0 Å². The van der Waals surface area contributed by atoms with Crippen molar-refractivity contribution in [2.75, 3.05) is 5.32 Å². The molecule has 0 bridgehead atoms. The summed E-state index contributed by atoms with van der Waals surface area (Å²) >= 11 is 0. The maximum Gasteiger partial charge on any atom is 0.275 e. The van der Waals surface area contributed by atoms with Crippen LogP contribution in [-0.2, 0) is 4.79 Å². The maximum absolute atomic E-state index is 13.9. The molecule has 0 aliphatic carbocycles. The molecule has 96 valence electrons. The zero-order chi connectivity index (χ0) is 13.1. The molecule has 2 heterocycles. The van der Waals surface area contributed by atoms with Crippen molar-refractivity contribution in [3.63, 3.8) is 0 Å². The normalized spacial score (nSPS) is 19.0. The second-order valence-corrected chi connectivity index (χ2v) is 4.41. The standard InChI is InChI=1S/C12H15FN4O/c1-7(2)10-9(13)11(17-16-10)12(18)15-8-4-3-5-14-6-8/h3-7,10,16-17H,1-2H3,(H,15,18). The number of hydrogen-bond acceptors (Lipinski definition) is 4. The minimum Gasteiger partial charge on any atom is -0.319 e. The Balaban J connectivity index is 2.11. The molecule has 5 nitrogen and oxygen atoms in total. The molecule has 0 radical (unpaired) electrons. The van der Waals surface area contributed by atoms with Gasteiger partial charge in [0.05, 0.1) is 17.9 Å². The molecule has 0 spiro atoms. The number of rotatable bonds is 3. The van der Waals surface area contributed by atoms with Crippen LogP contribution in [0.4, 0.5) is 10.1 Å². The van der Waals surface area contributed by atoms with Crippen molar-refractivity contribution in [1.29, 1.82) is 0 Å². The van der Waals surface area contributed by atoms with Crippen LogP contribution >= 0.6 is 0 Å². The van der Waals surface area contributed by atoms with Crippen LogP contribution in [0.25, 0.3) is 0 Å². The van der Waals surface area contributed by atoms with Gasteiger partial charge in [-0.3, -0.25) is 9.78 Å². The number of carbonyl (C=O) groups is 1. The van der Waals surface area contributed by atoms with E-state index in [4.69, 9.17) is 0 Å². The summed E-state index contributed by atoms with van der Waals surface area (Å²) in [5.74, 6) is -0.927. The topological polar surface area (TPSA) is 66.0 Å². The summed E-state index contributed by atoms with van der Waals surface area (Å²) in [6.45, 7) is 3.75. The van der Waals surface area contributed by atoms with E-state index in [9.17, 15) is 9.18 Å². The van der Waals surface area contributed by atoms with Crippen molar-refractivity contribution < 1.29 is 9.18 Å². The first kappa shape index (κ1) is 12.5. The quantitative estimate of drug-likeness (QED) is 0.757. The zero-order valence-corrected chi connectivity index (χ0v) is 10.2. The molecule has 1 amide bonds. The number of amides is 1. The molecule has 3 N–H and O–H groups in total. The van der Waals surface area contributed by atoms with Crippen LogP contribution in [0.5, 0.6) is 0 Å². The van der Waals surface area contributed by atoms with Gasteiger partial charge < -0.3 is 10.7 Å². The highest BCUT2D eigenvalue weighted by molar-refractivity contribution is 6.03. The molecule has 0 aromatic carbocycles. The fourth-order valence-corrected chi connectivity index (χ4v) is 1.68. The van der Waals surface area contributed by atoms with E-state index in [1.165, 1.54) is 6.20 Å². The van der Waals surface area contributed by atoms with Crippen molar-refractivity contribution in [3.05, 3.63) is 36.1 Å². The molecule has 1 aliphatic rings. The molecule has 1 aliphatic heterocycles. The lowest BCUT2D eigenvalue weighted by molar-refractivity contribution is -0.113. The number of hydrazine groups is 1. The Hall–Kier alpha value is -1.95. The molecule has 2 rings (SSSR count). The van der Waals surface area contributed by atoms with Crippen LogP contribution in [0.15, 0.2) is 36.1 Å². The van der Waals surface area contributed by atoms with Crippen molar-refractivity contribution >= 4 is 11.6 Å². The lowest BCUT2D eigenvalue weighted by Gasteiger charge is -2.12. The number of carbonyl (C=O) groups excluding carboxylic acids is 1. The molecule has 1 atom stereocenters. The van der Waals surface area contributed by atoms with E-state index < -0.39 is 17.8 Å². The van der Waals surface area contributed by atoms with Crippen LogP contribution in [-0.4, -0.2) is 16.9 Å². The fourth-order valence-electron chi connectivity index (χ4n) is 1.68. The van der Waals surface area contributed by atoms with Gasteiger partial charge in [-0.15, -0.1) is 0 Å². The number of aromatic nitrogens is 1. The van der Waals surface area contributed by atoms with Crippen LogP contribution in [0.2, 0.25) is 0 Å². The average molecular weight is 250 g/mol. The lowest BCUT2D eigenvalue weighted by Crippen LogP contribution is -2.37. The summed E-state index contributed by atoms with van der Waals surface area (Å²) in [5, 5.41) is 2.57. The highest BCUT2D eigenvalue weighted by Crippen LogP contribution is 2.21. The van der Waals surface area contributed by atoms with Gasteiger partial charge in [0.15, 0.2) is 0 Å². The molecule has 6 heteroatoms. The van der Waals surface area contributed by atoms with Crippen LogP contribution in [0.1, 0.15) is 13.8 Å². The molecule has 1 unspecified atom stereocenters. The number of anilines is 1. The monoisotopic (exact) mass is 250 g/mol. The van der Waals surface area contributed by atoms with Gasteiger partial charge in [0.25, 0.3) is 5.91 Å². The number of halogens is 1. The summed E-state index contributed by atoms with van der Waals surface area (Å²) < 4.78 is 13.9. The smallest absolute Gasteiger partial charge is 0.275 e. The van der Waals surface area contributed by atoms with E-state index >= 15 is 0 Å². The number of nitrogens with zero attached hydrogens (tertiary/aromatic N) is 1. The second-order valence-electron chi connectivity index (χ2n) is 4.41. The molecular weight excluding hydrogens is 235 g/mol. The van der Waals surface area contributed by atoms with Gasteiger partial charge in [-0.2, -0.15) is 0 Å². The van der Waals surface area contributed by atoms with Gasteiger partial charge in [0.1, 0.15) is 11.5 Å². The number of hydrogen-bond donors (Lipinski definition) is 3. The van der Waals surface area contributed by atoms with Crippen LogP contribution in [0, 0.1) is 5.92 Å². The van der Waals surface area contributed by atoms with E-state index in [0.717, 1.165) is 0 Å². The highest BCUT2D eigenvalue weighted by Gasteiger charge is 2.31. The molecule has 0 fully saturated rings. The molecular formula is C12H15FN4O. The fraction of sp³-hybridized carbons (Fsp3) is 0.333. The van der Waals surface area contributed by atoms with Crippen molar-refractivity contribution in [1.82, 2.24) is 15.8 Å². The predicted octanol–water partition coefficient (Wildman–Crippen LogP) is 1.33. The minimum absolute atomic E-state index is 0.0567. The Kier molecular flexibility index (Phi) is 3.57. The van der Waals surface area contributed by atoms with Crippen LogP contribution < -0.4 is 16.2 Å². The SMILES string of the molecule is CC(C)C1NNC(C(=O)Nc2cccnc2)=C1F. The second kappa shape index (κ2) is 5.14. The Labute approximate surface area is 104 Å². The molecule has 1 aromatic heterocycles. The van der Waals surface area contributed by atoms with Gasteiger partial charge in [0, 0.05) is 6.20 Å². The van der Waals surface area contributed by atoms with E-state index in [1.54, 1.807) is 18.3 Å². The summed E-state index contributed by atoms with van der Waals surface area (Å²) in [6, 6.07) is 2.91. The Morgan fingerprint density at radius 1 is 1.56 bits per heavy atom. The minimum atomic E-state index is -0.517. The molecule has 18 heavy (non-hydrogen) atoms. The summed E-state index contributed by atoms with van der Waals surface area (Å²) in [5.41, 5.74) is 5.78. The zero-order valence-electron chi connectivity index (χ0n) is 10.2. The summed E-state index contributed by atoms with van der Waals surface area (Å²) in [6.07, 6.45) is 3.10. The number of pyridine rings is 1. The largest absolute Gasteiger partial charge is 0.319 e. The first-order valence-electron chi connectivity index (χ1n) is 5.72. The Bertz CT molecular complexity index is 472. The van der Waals surface area contributed by atoms with Crippen molar-refractivity contribution in [2.45, 2.75) is 19.9 Å². The van der Waals surface area contributed by atoms with E-state index in [0.29, 0.717) is 5.69 Å². The molecule has 1 aromatic rings. The third-order valence-electron chi connectivity index (χ3n) is 2.68. The first-order valence-corrected chi connectivity index (χ1v) is 5.72. The van der Waals surface area contributed by atoms with Gasteiger partial charge >= 0.3 is 0 Å². The van der Waals surface area contributed by atoms with E-state index in [2.05, 4.69) is 21.2 Å².